The molecule has 1 saturated heterocycles. The topological polar surface area (TPSA) is 85.2 Å². The van der Waals surface area contributed by atoms with Crippen molar-refractivity contribution in [2.45, 2.75) is 38.5 Å². The van der Waals surface area contributed by atoms with E-state index >= 15 is 0 Å². The molecule has 7 nitrogen and oxygen atoms in total. The van der Waals surface area contributed by atoms with Crippen LogP contribution in [0.1, 0.15) is 31.9 Å². The molecule has 0 aromatic heterocycles. The Balaban J connectivity index is 2.06. The molecule has 140 valence electrons. The Kier molecular flexibility index (Phi) is 6.52. The molecule has 1 heterocycles. The maximum Gasteiger partial charge on any atom is 0.243 e. The maximum absolute atomic E-state index is 12.4. The highest BCUT2D eigenvalue weighted by Crippen LogP contribution is 2.22. The second-order valence-electron chi connectivity index (χ2n) is 6.35. The molecule has 3 unspecified atom stereocenters. The smallest absolute Gasteiger partial charge is 0.243 e. The minimum Gasteiger partial charge on any atom is -0.391 e. The van der Waals surface area contributed by atoms with Gasteiger partial charge in [-0.15, -0.1) is 0 Å². The zero-order chi connectivity index (χ0) is 19.3. The average Bonchev–Trinajstić information content (AvgIpc) is 3.03. The lowest BCUT2D eigenvalue weighted by atomic mass is 10.1. The van der Waals surface area contributed by atoms with Crippen LogP contribution in [0, 0.1) is 0 Å². The molecule has 7 heteroatoms. The predicted molar refractivity (Wildman–Crippen MR) is 102 cm³/mol. The lowest BCUT2D eigenvalue weighted by Crippen LogP contribution is -2.43. The third kappa shape index (κ3) is 4.29. The van der Waals surface area contributed by atoms with Gasteiger partial charge in [0.2, 0.25) is 12.3 Å². The Labute approximate surface area is 154 Å². The van der Waals surface area contributed by atoms with Gasteiger partial charge in [-0.1, -0.05) is 18.7 Å². The summed E-state index contributed by atoms with van der Waals surface area (Å²) in [7, 11) is 1.72. The molecule has 2 N–H and O–H groups in total. The number of aliphatic imine (C=N–C) groups is 1. The number of nitrogens with zero attached hydrogens (tertiary/aromatic N) is 3. The number of aliphatic hydroxyl groups is 1. The van der Waals surface area contributed by atoms with Crippen LogP contribution < -0.4 is 10.2 Å². The number of rotatable bonds is 6. The van der Waals surface area contributed by atoms with Crippen molar-refractivity contribution in [1.82, 2.24) is 10.2 Å². The molecule has 0 bridgehead atoms. The summed E-state index contributed by atoms with van der Waals surface area (Å²) >= 11 is 0. The molecule has 1 aliphatic heterocycles. The first-order chi connectivity index (χ1) is 12.4. The average molecular weight is 358 g/mol. The summed E-state index contributed by atoms with van der Waals surface area (Å²) in [5.41, 5.74) is 1.87. The Bertz CT molecular complexity index is 687. The number of hydrogen-bond donors (Lipinski definition) is 2. The van der Waals surface area contributed by atoms with Crippen LogP contribution >= 0.6 is 0 Å². The highest BCUT2D eigenvalue weighted by atomic mass is 16.3. The lowest BCUT2D eigenvalue weighted by molar-refractivity contribution is -0.131. The van der Waals surface area contributed by atoms with Gasteiger partial charge in [0, 0.05) is 31.9 Å². The molecule has 1 aliphatic rings. The van der Waals surface area contributed by atoms with Gasteiger partial charge in [-0.3, -0.25) is 14.6 Å². The van der Waals surface area contributed by atoms with E-state index in [9.17, 15) is 14.7 Å². The molecule has 1 aromatic rings. The van der Waals surface area contributed by atoms with Crippen molar-refractivity contribution >= 4 is 23.8 Å². The van der Waals surface area contributed by atoms with Gasteiger partial charge in [0.15, 0.2) is 0 Å². The molecule has 0 spiro atoms. The summed E-state index contributed by atoms with van der Waals surface area (Å²) in [4.78, 5) is 30.8. The van der Waals surface area contributed by atoms with Crippen LogP contribution in [0.5, 0.6) is 0 Å². The van der Waals surface area contributed by atoms with Gasteiger partial charge in [-0.2, -0.15) is 0 Å². The van der Waals surface area contributed by atoms with Crippen molar-refractivity contribution in [2.75, 3.05) is 18.5 Å². The molecule has 0 saturated carbocycles. The van der Waals surface area contributed by atoms with Crippen LogP contribution in [0.3, 0.4) is 0 Å². The van der Waals surface area contributed by atoms with Crippen molar-refractivity contribution in [3.63, 3.8) is 0 Å². The van der Waals surface area contributed by atoms with Gasteiger partial charge in [0.25, 0.3) is 0 Å². The van der Waals surface area contributed by atoms with Crippen LogP contribution in [0.25, 0.3) is 0 Å². The normalized spacial score (nSPS) is 21.2. The number of benzene rings is 1. The number of aliphatic hydroxyl groups excluding tert-OH is 1. The fraction of sp³-hybridized carbons (Fsp3) is 0.421. The fourth-order valence-corrected chi connectivity index (χ4v) is 3.06. The van der Waals surface area contributed by atoms with Gasteiger partial charge in [-0.05, 0) is 31.5 Å². The predicted octanol–water partition coefficient (Wildman–Crippen LogP) is 1.45. The first-order valence-corrected chi connectivity index (χ1v) is 8.55. The monoisotopic (exact) mass is 358 g/mol. The summed E-state index contributed by atoms with van der Waals surface area (Å²) in [6, 6.07) is 6.89. The number of carbonyl (C=O) groups is 2. The van der Waals surface area contributed by atoms with Gasteiger partial charge >= 0.3 is 0 Å². The van der Waals surface area contributed by atoms with Crippen molar-refractivity contribution in [2.24, 2.45) is 4.99 Å². The van der Waals surface area contributed by atoms with Crippen LogP contribution in [0.4, 0.5) is 5.69 Å². The highest BCUT2D eigenvalue weighted by Gasteiger charge is 2.35. The van der Waals surface area contributed by atoms with E-state index in [1.807, 2.05) is 43.0 Å². The molecular weight excluding hydrogens is 332 g/mol. The molecule has 2 rings (SSSR count). The second-order valence-corrected chi connectivity index (χ2v) is 6.35. The summed E-state index contributed by atoms with van der Waals surface area (Å²) in [5.74, 6) is 0.565. The lowest BCUT2D eigenvalue weighted by Gasteiger charge is -2.23. The third-order valence-electron chi connectivity index (χ3n) is 4.64. The fourth-order valence-electron chi connectivity index (χ4n) is 3.06. The number of nitrogens with one attached hydrogen (secondary N) is 1. The van der Waals surface area contributed by atoms with E-state index in [4.69, 9.17) is 0 Å². The number of amides is 2. The zero-order valence-electron chi connectivity index (χ0n) is 15.4. The van der Waals surface area contributed by atoms with E-state index < -0.39 is 12.1 Å². The first-order valence-electron chi connectivity index (χ1n) is 8.55. The standard InChI is InChI=1S/C19H26N4O3/c1-5-23(14(3)20-4)16-8-6-15(7-9-16)13(2)21-19(26)18-10-17(25)11-22(18)12-24/h5-9,12-13,17-18,25H,1,10-11H2,2-4H3,(H,21,26). The van der Waals surface area contributed by atoms with E-state index in [2.05, 4.69) is 16.9 Å². The minimum atomic E-state index is -0.654. The van der Waals surface area contributed by atoms with E-state index in [1.165, 1.54) is 4.90 Å². The number of hydrogen-bond acceptors (Lipinski definition) is 4. The van der Waals surface area contributed by atoms with E-state index in [0.29, 0.717) is 6.41 Å². The van der Waals surface area contributed by atoms with E-state index in [0.717, 1.165) is 17.1 Å². The Morgan fingerprint density at radius 3 is 2.65 bits per heavy atom. The summed E-state index contributed by atoms with van der Waals surface area (Å²) < 4.78 is 0. The highest BCUT2D eigenvalue weighted by molar-refractivity contribution is 5.97. The molecule has 1 fully saturated rings. The van der Waals surface area contributed by atoms with Gasteiger partial charge in [-0.25, -0.2) is 0 Å². The summed E-state index contributed by atoms with van der Waals surface area (Å²) in [6.45, 7) is 7.78. The third-order valence-corrected chi connectivity index (χ3v) is 4.64. The van der Waals surface area contributed by atoms with Gasteiger partial charge in [0.1, 0.15) is 11.9 Å². The molecule has 0 radical (unpaired) electrons. The van der Waals surface area contributed by atoms with Gasteiger partial charge in [0.05, 0.1) is 12.1 Å². The van der Waals surface area contributed by atoms with Crippen LogP contribution in [0.15, 0.2) is 42.0 Å². The Morgan fingerprint density at radius 2 is 2.12 bits per heavy atom. The number of likely N-dealkylation sites (tertiary alicyclic amines) is 1. The Hall–Kier alpha value is -2.67. The van der Waals surface area contributed by atoms with Crippen molar-refractivity contribution in [1.29, 1.82) is 0 Å². The van der Waals surface area contributed by atoms with E-state index in [-0.39, 0.29) is 24.9 Å². The summed E-state index contributed by atoms with van der Waals surface area (Å²) in [6.07, 6.45) is 1.92. The number of β-amino-alcohol motifs (C(OH)–C–C–N with tert-alkyl or cyclic N) is 1. The van der Waals surface area contributed by atoms with Crippen molar-refractivity contribution in [3.05, 3.63) is 42.6 Å². The number of amidine groups is 1. The van der Waals surface area contributed by atoms with Crippen LogP contribution in [0.2, 0.25) is 0 Å². The number of carbonyl (C=O) groups excluding carboxylic acids is 2. The SMILES string of the molecule is C=CN(C(C)=NC)c1ccc(C(C)NC(=O)C2CC(O)CN2C=O)cc1. The molecule has 1 aromatic carbocycles. The molecule has 0 aliphatic carbocycles. The summed E-state index contributed by atoms with van der Waals surface area (Å²) in [5, 5.41) is 12.6. The van der Waals surface area contributed by atoms with Crippen LogP contribution in [-0.4, -0.2) is 53.9 Å². The zero-order valence-corrected chi connectivity index (χ0v) is 15.4. The molecule has 2 amide bonds. The first kappa shape index (κ1) is 19.7. The van der Waals surface area contributed by atoms with Crippen molar-refractivity contribution < 1.29 is 14.7 Å². The largest absolute Gasteiger partial charge is 0.391 e. The second kappa shape index (κ2) is 8.62. The molecule has 26 heavy (non-hydrogen) atoms. The van der Waals surface area contributed by atoms with E-state index in [1.54, 1.807) is 13.2 Å². The minimum absolute atomic E-state index is 0.195. The maximum atomic E-state index is 12.4. The van der Waals surface area contributed by atoms with Crippen molar-refractivity contribution in [3.8, 4) is 0 Å². The van der Waals surface area contributed by atoms with Crippen LogP contribution in [-0.2, 0) is 9.59 Å². The molecule has 3 atom stereocenters. The Morgan fingerprint density at radius 1 is 1.46 bits per heavy atom. The number of anilines is 1. The van der Waals surface area contributed by atoms with Gasteiger partial charge < -0.3 is 20.2 Å². The molecular formula is C19H26N4O3. The quantitative estimate of drug-likeness (QED) is 0.458.